The highest BCUT2D eigenvalue weighted by Crippen LogP contribution is 2.24. The molecule has 0 atom stereocenters. The molecule has 0 spiro atoms. The van der Waals surface area contributed by atoms with Gasteiger partial charge in [-0.3, -0.25) is 0 Å². The standard InChI is InChI=1S/C23H26N2O2/c1-16-9-7-8-12-20(16)15-25-17(2)21(22(18(25)3)23(26)27)14-24-13-19-10-5-4-6-11-19/h4-12,24H,13-15H2,1-3H3,(H,26,27)/p-1. The molecule has 0 aliphatic rings. The third kappa shape index (κ3) is 4.12. The quantitative estimate of drug-likeness (QED) is 0.703. The Labute approximate surface area is 160 Å². The molecule has 0 amide bonds. The number of aromatic carboxylic acids is 1. The number of aromatic nitrogens is 1. The predicted octanol–water partition coefficient (Wildman–Crippen LogP) is 3.11. The summed E-state index contributed by atoms with van der Waals surface area (Å²) in [4.78, 5) is 11.8. The molecule has 1 heterocycles. The molecule has 3 aromatic rings. The summed E-state index contributed by atoms with van der Waals surface area (Å²) in [7, 11) is 0. The number of rotatable bonds is 7. The summed E-state index contributed by atoms with van der Waals surface area (Å²) in [5, 5.41) is 15.2. The molecule has 140 valence electrons. The second kappa shape index (κ2) is 8.23. The van der Waals surface area contributed by atoms with Gasteiger partial charge in [-0.1, -0.05) is 54.6 Å². The van der Waals surface area contributed by atoms with Gasteiger partial charge in [0, 0.05) is 36.6 Å². The zero-order valence-electron chi connectivity index (χ0n) is 16.1. The summed E-state index contributed by atoms with van der Waals surface area (Å²) in [6.45, 7) is 7.75. The summed E-state index contributed by atoms with van der Waals surface area (Å²) in [6.07, 6.45) is 0. The molecule has 2 aromatic carbocycles. The van der Waals surface area contributed by atoms with Crippen molar-refractivity contribution in [3.8, 4) is 0 Å². The summed E-state index contributed by atoms with van der Waals surface area (Å²) < 4.78 is 2.08. The van der Waals surface area contributed by atoms with Crippen molar-refractivity contribution in [2.45, 2.75) is 40.4 Å². The van der Waals surface area contributed by atoms with Crippen LogP contribution in [0.2, 0.25) is 0 Å². The number of nitrogens with one attached hydrogen (secondary N) is 1. The van der Waals surface area contributed by atoms with Crippen LogP contribution in [0, 0.1) is 20.8 Å². The van der Waals surface area contributed by atoms with Crippen molar-refractivity contribution in [3.63, 3.8) is 0 Å². The minimum absolute atomic E-state index is 0.307. The third-order valence-corrected chi connectivity index (χ3v) is 5.18. The minimum atomic E-state index is -1.12. The van der Waals surface area contributed by atoms with Crippen LogP contribution in [0.15, 0.2) is 54.6 Å². The van der Waals surface area contributed by atoms with Gasteiger partial charge in [-0.2, -0.15) is 0 Å². The number of aryl methyl sites for hydroxylation is 1. The Hall–Kier alpha value is -2.85. The molecule has 0 saturated carbocycles. The van der Waals surface area contributed by atoms with Gasteiger partial charge in [0.15, 0.2) is 0 Å². The fraction of sp³-hybridized carbons (Fsp3) is 0.261. The Morgan fingerprint density at radius 1 is 0.926 bits per heavy atom. The first-order valence-corrected chi connectivity index (χ1v) is 9.18. The van der Waals surface area contributed by atoms with Crippen molar-refractivity contribution < 1.29 is 9.90 Å². The van der Waals surface area contributed by atoms with E-state index in [0.717, 1.165) is 17.0 Å². The first kappa shape index (κ1) is 18.9. The van der Waals surface area contributed by atoms with E-state index in [-0.39, 0.29) is 0 Å². The molecular formula is C23H25N2O2-. The second-order valence-corrected chi connectivity index (χ2v) is 6.91. The molecule has 0 unspecified atom stereocenters. The molecule has 0 saturated heterocycles. The Kier molecular flexibility index (Phi) is 5.77. The molecule has 1 N–H and O–H groups in total. The van der Waals surface area contributed by atoms with Gasteiger partial charge in [-0.05, 0) is 43.0 Å². The van der Waals surface area contributed by atoms with Crippen molar-refractivity contribution in [1.82, 2.24) is 9.88 Å². The van der Waals surface area contributed by atoms with Crippen molar-refractivity contribution in [2.75, 3.05) is 0 Å². The van der Waals surface area contributed by atoms with Crippen LogP contribution in [0.1, 0.15) is 44.0 Å². The van der Waals surface area contributed by atoms with Gasteiger partial charge in [0.1, 0.15) is 0 Å². The molecule has 0 bridgehead atoms. The molecule has 0 aliphatic heterocycles. The Morgan fingerprint density at radius 3 is 2.26 bits per heavy atom. The first-order valence-electron chi connectivity index (χ1n) is 9.18. The minimum Gasteiger partial charge on any atom is -0.545 e. The number of hydrogen-bond donors (Lipinski definition) is 1. The molecule has 0 fully saturated rings. The number of carboxylic acids is 1. The maximum absolute atomic E-state index is 11.8. The van der Waals surface area contributed by atoms with E-state index in [9.17, 15) is 9.90 Å². The maximum Gasteiger partial charge on any atom is 0.0736 e. The number of carboxylic acid groups (broad SMARTS) is 1. The molecule has 3 rings (SSSR count). The highest BCUT2D eigenvalue weighted by Gasteiger charge is 2.18. The normalized spacial score (nSPS) is 10.9. The zero-order chi connectivity index (χ0) is 19.4. The van der Waals surface area contributed by atoms with E-state index in [1.807, 2.05) is 56.3 Å². The zero-order valence-corrected chi connectivity index (χ0v) is 16.1. The number of carbonyl (C=O) groups excluding carboxylic acids is 1. The summed E-state index contributed by atoms with van der Waals surface area (Å²) >= 11 is 0. The van der Waals surface area contributed by atoms with Gasteiger partial charge in [-0.15, -0.1) is 0 Å². The number of hydrogen-bond acceptors (Lipinski definition) is 3. The SMILES string of the molecule is Cc1ccccc1Cn1c(C)c(CNCc2ccccc2)c(C(=O)[O-])c1C. The average molecular weight is 361 g/mol. The van der Waals surface area contributed by atoms with Crippen LogP contribution in [-0.4, -0.2) is 10.5 Å². The van der Waals surface area contributed by atoms with Crippen LogP contribution >= 0.6 is 0 Å². The second-order valence-electron chi connectivity index (χ2n) is 6.91. The van der Waals surface area contributed by atoms with Crippen LogP contribution in [-0.2, 0) is 19.6 Å². The van der Waals surface area contributed by atoms with Gasteiger partial charge in [0.05, 0.1) is 5.97 Å². The monoisotopic (exact) mass is 361 g/mol. The first-order chi connectivity index (χ1) is 13.0. The van der Waals surface area contributed by atoms with Crippen molar-refractivity contribution in [3.05, 3.63) is 93.8 Å². The Balaban J connectivity index is 1.87. The lowest BCUT2D eigenvalue weighted by Gasteiger charge is -2.12. The van der Waals surface area contributed by atoms with Crippen molar-refractivity contribution in [2.24, 2.45) is 0 Å². The van der Waals surface area contributed by atoms with Gasteiger partial charge < -0.3 is 19.8 Å². The van der Waals surface area contributed by atoms with Gasteiger partial charge in [0.2, 0.25) is 0 Å². The molecule has 1 aromatic heterocycles. The molecule has 4 nitrogen and oxygen atoms in total. The number of nitrogens with zero attached hydrogens (tertiary/aromatic N) is 1. The van der Waals surface area contributed by atoms with Crippen LogP contribution in [0.5, 0.6) is 0 Å². The van der Waals surface area contributed by atoms with E-state index in [2.05, 4.69) is 28.9 Å². The van der Waals surface area contributed by atoms with Crippen LogP contribution in [0.3, 0.4) is 0 Å². The summed E-state index contributed by atoms with van der Waals surface area (Å²) in [5.41, 5.74) is 6.37. The smallest absolute Gasteiger partial charge is 0.0736 e. The van der Waals surface area contributed by atoms with E-state index < -0.39 is 5.97 Å². The largest absolute Gasteiger partial charge is 0.545 e. The molecule has 0 aliphatic carbocycles. The molecular weight excluding hydrogens is 336 g/mol. The molecule has 0 radical (unpaired) electrons. The van der Waals surface area contributed by atoms with Crippen molar-refractivity contribution in [1.29, 1.82) is 0 Å². The Morgan fingerprint density at radius 2 is 1.59 bits per heavy atom. The van der Waals surface area contributed by atoms with E-state index in [4.69, 9.17) is 0 Å². The van der Waals surface area contributed by atoms with Crippen LogP contribution in [0.4, 0.5) is 0 Å². The maximum atomic E-state index is 11.8. The fourth-order valence-corrected chi connectivity index (χ4v) is 3.56. The highest BCUT2D eigenvalue weighted by molar-refractivity contribution is 5.89. The number of carbonyl (C=O) groups is 1. The van der Waals surface area contributed by atoms with Gasteiger partial charge in [-0.25, -0.2) is 0 Å². The average Bonchev–Trinajstić information content (AvgIpc) is 2.89. The van der Waals surface area contributed by atoms with Gasteiger partial charge in [0.25, 0.3) is 0 Å². The Bertz CT molecular complexity index is 943. The van der Waals surface area contributed by atoms with E-state index in [1.54, 1.807) is 0 Å². The lowest BCUT2D eigenvalue weighted by molar-refractivity contribution is -0.255. The van der Waals surface area contributed by atoms with E-state index in [0.29, 0.717) is 25.2 Å². The summed E-state index contributed by atoms with van der Waals surface area (Å²) in [5.74, 6) is -1.12. The fourth-order valence-electron chi connectivity index (χ4n) is 3.56. The molecule has 4 heteroatoms. The van der Waals surface area contributed by atoms with Crippen LogP contribution < -0.4 is 10.4 Å². The molecule has 27 heavy (non-hydrogen) atoms. The number of benzene rings is 2. The summed E-state index contributed by atoms with van der Waals surface area (Å²) in [6, 6.07) is 18.3. The van der Waals surface area contributed by atoms with Crippen LogP contribution in [0.25, 0.3) is 0 Å². The highest BCUT2D eigenvalue weighted by atomic mass is 16.4. The van der Waals surface area contributed by atoms with E-state index in [1.165, 1.54) is 16.7 Å². The lowest BCUT2D eigenvalue weighted by atomic mass is 10.1. The lowest BCUT2D eigenvalue weighted by Crippen LogP contribution is -2.25. The predicted molar refractivity (Wildman–Crippen MR) is 106 cm³/mol. The van der Waals surface area contributed by atoms with E-state index >= 15 is 0 Å². The van der Waals surface area contributed by atoms with Crippen molar-refractivity contribution >= 4 is 5.97 Å². The third-order valence-electron chi connectivity index (χ3n) is 5.18. The topological polar surface area (TPSA) is 57.1 Å². The van der Waals surface area contributed by atoms with Gasteiger partial charge >= 0.3 is 0 Å².